The molecule has 0 unspecified atom stereocenters. The Balaban J connectivity index is 2.43. The first kappa shape index (κ1) is 45.8. The Kier molecular flexibility index (Phi) is 18.3. The van der Waals surface area contributed by atoms with E-state index in [9.17, 15) is 38.7 Å². The van der Waals surface area contributed by atoms with Crippen LogP contribution in [-0.2, 0) is 40.0 Å². The number of likely N-dealkylation sites (tertiary alicyclic amines) is 1. The Labute approximate surface area is 321 Å². The molecule has 0 aromatic heterocycles. The Morgan fingerprint density at radius 1 is 0.815 bits per heavy atom. The summed E-state index contributed by atoms with van der Waals surface area (Å²) in [5.41, 5.74) is 0.788. The summed E-state index contributed by atoms with van der Waals surface area (Å²) in [6.07, 6.45) is 2.96. The zero-order chi connectivity index (χ0) is 40.9. The van der Waals surface area contributed by atoms with E-state index in [1.807, 2.05) is 44.2 Å². The van der Waals surface area contributed by atoms with E-state index in [1.54, 1.807) is 32.7 Å². The van der Waals surface area contributed by atoms with Crippen LogP contribution in [-0.4, -0.2) is 137 Å². The molecular weight excluding hydrogens is 692 g/mol. The normalized spacial score (nSPS) is 16.9. The molecule has 1 aromatic rings. The molecule has 1 saturated heterocycles. The van der Waals surface area contributed by atoms with Gasteiger partial charge in [0.15, 0.2) is 5.78 Å². The molecule has 54 heavy (non-hydrogen) atoms. The van der Waals surface area contributed by atoms with E-state index >= 15 is 0 Å². The van der Waals surface area contributed by atoms with Crippen LogP contribution in [0.5, 0.6) is 0 Å². The number of carboxylic acids is 1. The fourth-order valence-corrected chi connectivity index (χ4v) is 7.03. The second-order valence-electron chi connectivity index (χ2n) is 15.2. The van der Waals surface area contributed by atoms with Crippen LogP contribution in [0.2, 0.25) is 0 Å². The zero-order valence-electron chi connectivity index (χ0n) is 34.0. The first-order valence-electron chi connectivity index (χ1n) is 19.2. The zero-order valence-corrected chi connectivity index (χ0v) is 34.0. The van der Waals surface area contributed by atoms with Crippen molar-refractivity contribution in [2.45, 2.75) is 117 Å². The third kappa shape index (κ3) is 12.4. The fourth-order valence-electron chi connectivity index (χ4n) is 7.03. The Morgan fingerprint density at radius 3 is 1.93 bits per heavy atom. The number of likely N-dealkylation sites (N-methyl/N-ethyl adjacent to an activating group) is 4. The van der Waals surface area contributed by atoms with Gasteiger partial charge in [0.05, 0.1) is 12.5 Å². The highest BCUT2D eigenvalue weighted by atomic mass is 16.4. The van der Waals surface area contributed by atoms with Crippen molar-refractivity contribution in [3.05, 3.63) is 35.9 Å². The molecule has 0 bridgehead atoms. The minimum absolute atomic E-state index is 0.0102. The number of carbonyl (C=O) groups is 7. The van der Waals surface area contributed by atoms with Crippen molar-refractivity contribution < 1.29 is 38.7 Å². The lowest BCUT2D eigenvalue weighted by atomic mass is 9.90. The smallest absolute Gasteiger partial charge is 0.326 e. The van der Waals surface area contributed by atoms with Gasteiger partial charge >= 0.3 is 5.97 Å². The molecule has 5 amide bonds. The van der Waals surface area contributed by atoms with E-state index in [4.69, 9.17) is 0 Å². The van der Waals surface area contributed by atoms with Gasteiger partial charge in [-0.2, -0.15) is 0 Å². The van der Waals surface area contributed by atoms with E-state index in [0.29, 0.717) is 13.1 Å². The second kappa shape index (κ2) is 21.5. The van der Waals surface area contributed by atoms with E-state index in [-0.39, 0.29) is 30.4 Å². The first-order valence-corrected chi connectivity index (χ1v) is 19.2. The highest BCUT2D eigenvalue weighted by Crippen LogP contribution is 2.21. The number of rotatable bonds is 20. The molecule has 0 saturated carbocycles. The average molecular weight is 757 g/mol. The van der Waals surface area contributed by atoms with Crippen LogP contribution < -0.4 is 10.6 Å². The van der Waals surface area contributed by atoms with Crippen molar-refractivity contribution in [2.24, 2.45) is 17.8 Å². The SMILES string of the molecule is CC[C@H](C)[C@H](NC)C(=O)C[C@@H](C)C(=O)N(C)[C@@H](Cc1ccccc1)C(=O)N(C)[C@H](C(=O)N[C@@H](CC(=O)N(C)[C@@H](C)C(=O)O)C(=O)N1CCCCC1)C(C)C. The van der Waals surface area contributed by atoms with Gasteiger partial charge in [-0.15, -0.1) is 0 Å². The third-order valence-electron chi connectivity index (χ3n) is 10.8. The van der Waals surface area contributed by atoms with Gasteiger partial charge in [0.2, 0.25) is 29.5 Å². The number of carboxylic acid groups (broad SMARTS) is 1. The van der Waals surface area contributed by atoms with Gasteiger partial charge in [-0.3, -0.25) is 28.8 Å². The minimum Gasteiger partial charge on any atom is -0.480 e. The largest absolute Gasteiger partial charge is 0.480 e. The summed E-state index contributed by atoms with van der Waals surface area (Å²) in [7, 11) is 6.07. The van der Waals surface area contributed by atoms with Crippen molar-refractivity contribution >= 4 is 41.3 Å². The summed E-state index contributed by atoms with van der Waals surface area (Å²) in [4.78, 5) is 99.8. The van der Waals surface area contributed by atoms with Gasteiger partial charge in [0, 0.05) is 53.0 Å². The van der Waals surface area contributed by atoms with E-state index < -0.39 is 78.1 Å². The number of benzene rings is 1. The van der Waals surface area contributed by atoms with Crippen molar-refractivity contribution in [3.8, 4) is 0 Å². The van der Waals surface area contributed by atoms with Crippen molar-refractivity contribution in [1.29, 1.82) is 0 Å². The van der Waals surface area contributed by atoms with E-state index in [2.05, 4.69) is 10.6 Å². The van der Waals surface area contributed by atoms with Gasteiger partial charge in [0.25, 0.3) is 0 Å². The Morgan fingerprint density at radius 2 is 1.41 bits per heavy atom. The van der Waals surface area contributed by atoms with Crippen LogP contribution in [0.1, 0.15) is 85.6 Å². The lowest BCUT2D eigenvalue weighted by Gasteiger charge is -2.38. The topological polar surface area (TPSA) is 177 Å². The number of amides is 5. The summed E-state index contributed by atoms with van der Waals surface area (Å²) in [5, 5.41) is 15.3. The van der Waals surface area contributed by atoms with Crippen molar-refractivity contribution in [2.75, 3.05) is 41.3 Å². The number of nitrogens with one attached hydrogen (secondary N) is 2. The number of ketones is 1. The standard InChI is InChI=1S/C40H64N6O8/c1-11-26(4)34(41-7)32(47)22-27(5)37(50)44(9)31(23-29-18-14-12-15-19-29)39(52)45(10)35(25(2)3)36(49)42-30(38(51)46-20-16-13-17-21-46)24-33(48)43(8)28(6)40(53)54/h12,14-15,18-19,25-28,30-31,34-35,41H,11,13,16-17,20-24H2,1-10H3,(H,42,49)(H,53,54)/t26-,27+,28-,30-,31-,34-,35-/m0/s1. The summed E-state index contributed by atoms with van der Waals surface area (Å²) in [6.45, 7) is 11.4. The van der Waals surface area contributed by atoms with Crippen LogP contribution in [0.15, 0.2) is 30.3 Å². The maximum atomic E-state index is 14.5. The molecule has 0 spiro atoms. The quantitative estimate of drug-likeness (QED) is 0.181. The Bertz CT molecular complexity index is 1450. The van der Waals surface area contributed by atoms with E-state index in [1.165, 1.54) is 37.9 Å². The number of nitrogens with zero attached hydrogens (tertiary/aromatic N) is 4. The predicted octanol–water partition coefficient (Wildman–Crippen LogP) is 2.59. The highest BCUT2D eigenvalue weighted by molar-refractivity contribution is 5.97. The summed E-state index contributed by atoms with van der Waals surface area (Å²) >= 11 is 0. The van der Waals surface area contributed by atoms with Gasteiger partial charge in [-0.25, -0.2) is 4.79 Å². The van der Waals surface area contributed by atoms with Gasteiger partial charge in [-0.05, 0) is 50.6 Å². The summed E-state index contributed by atoms with van der Waals surface area (Å²) < 4.78 is 0. The number of Topliss-reactive ketones (excluding diaryl/α,β-unsaturated/α-hetero) is 1. The van der Waals surface area contributed by atoms with Crippen LogP contribution in [0.25, 0.3) is 0 Å². The molecule has 0 radical (unpaired) electrons. The molecule has 3 N–H and O–H groups in total. The maximum Gasteiger partial charge on any atom is 0.326 e. The second-order valence-corrected chi connectivity index (χ2v) is 15.2. The summed E-state index contributed by atoms with van der Waals surface area (Å²) in [6, 6.07) is 4.19. The number of carbonyl (C=O) groups excluding carboxylic acids is 6. The molecule has 7 atom stereocenters. The van der Waals surface area contributed by atoms with Crippen molar-refractivity contribution in [1.82, 2.24) is 30.2 Å². The van der Waals surface area contributed by atoms with Gasteiger partial charge in [-0.1, -0.05) is 71.4 Å². The lowest BCUT2D eigenvalue weighted by molar-refractivity contribution is -0.151. The molecule has 1 fully saturated rings. The molecule has 2 rings (SSSR count). The van der Waals surface area contributed by atoms with Crippen LogP contribution in [0.3, 0.4) is 0 Å². The molecule has 0 aliphatic carbocycles. The molecule has 1 aliphatic heterocycles. The van der Waals surface area contributed by atoms with Crippen LogP contribution in [0, 0.1) is 17.8 Å². The number of piperidine rings is 1. The van der Waals surface area contributed by atoms with Crippen molar-refractivity contribution in [3.63, 3.8) is 0 Å². The monoisotopic (exact) mass is 756 g/mol. The molecule has 14 nitrogen and oxygen atoms in total. The number of aliphatic carboxylic acids is 1. The molecular formula is C40H64N6O8. The number of hydrogen-bond acceptors (Lipinski definition) is 8. The molecule has 14 heteroatoms. The van der Waals surface area contributed by atoms with Crippen LogP contribution >= 0.6 is 0 Å². The lowest BCUT2D eigenvalue weighted by Crippen LogP contribution is -2.60. The molecule has 1 aliphatic rings. The van der Waals surface area contributed by atoms with Gasteiger partial charge in [0.1, 0.15) is 24.2 Å². The van der Waals surface area contributed by atoms with Gasteiger partial charge < -0.3 is 35.3 Å². The number of hydrogen-bond donors (Lipinski definition) is 3. The third-order valence-corrected chi connectivity index (χ3v) is 10.8. The fraction of sp³-hybridized carbons (Fsp3) is 0.675. The highest BCUT2D eigenvalue weighted by Gasteiger charge is 2.40. The predicted molar refractivity (Wildman–Crippen MR) is 206 cm³/mol. The van der Waals surface area contributed by atoms with E-state index in [0.717, 1.165) is 36.1 Å². The molecule has 1 heterocycles. The molecule has 1 aromatic carbocycles. The maximum absolute atomic E-state index is 14.5. The summed E-state index contributed by atoms with van der Waals surface area (Å²) in [5.74, 6) is -5.04. The average Bonchev–Trinajstić information content (AvgIpc) is 3.15. The minimum atomic E-state index is -1.30. The Hall–Kier alpha value is -4.33. The first-order chi connectivity index (χ1) is 25.4. The molecule has 302 valence electrons. The van der Waals surface area contributed by atoms with Crippen LogP contribution in [0.4, 0.5) is 0 Å².